The Morgan fingerprint density at radius 3 is 2.90 bits per heavy atom. The molecule has 108 valence electrons. The fourth-order valence-corrected chi connectivity index (χ4v) is 3.37. The molecule has 0 aromatic carbocycles. The van der Waals surface area contributed by atoms with E-state index in [4.69, 9.17) is 4.74 Å². The van der Waals surface area contributed by atoms with Crippen molar-refractivity contribution in [2.45, 2.75) is 32.6 Å². The zero-order chi connectivity index (χ0) is 14.1. The molecule has 1 aliphatic heterocycles. The van der Waals surface area contributed by atoms with Crippen LogP contribution in [-0.4, -0.2) is 36.1 Å². The molecule has 5 heteroatoms. The van der Waals surface area contributed by atoms with Gasteiger partial charge in [-0.2, -0.15) is 0 Å². The van der Waals surface area contributed by atoms with E-state index in [0.29, 0.717) is 12.5 Å². The van der Waals surface area contributed by atoms with E-state index < -0.39 is 0 Å². The molecule has 2 aliphatic rings. The van der Waals surface area contributed by atoms with Crippen LogP contribution in [0.3, 0.4) is 0 Å². The van der Waals surface area contributed by atoms with Crippen LogP contribution in [-0.2, 0) is 22.4 Å². The summed E-state index contributed by atoms with van der Waals surface area (Å²) in [7, 11) is 1.46. The molecule has 0 saturated carbocycles. The maximum atomic E-state index is 11.8. The SMILES string of the molecule is COC(=O)C1CN(c2ncnc3c2CCCC3)CC1C. The predicted octanol–water partition coefficient (Wildman–Crippen LogP) is 1.60. The van der Waals surface area contributed by atoms with E-state index in [1.54, 1.807) is 6.33 Å². The standard InChI is InChI=1S/C15H21N3O2/c1-10-7-18(8-12(10)15(19)20-2)14-11-5-3-4-6-13(11)16-9-17-14/h9-10,12H,3-8H2,1-2H3. The van der Waals surface area contributed by atoms with Gasteiger partial charge in [-0.25, -0.2) is 9.97 Å². The lowest BCUT2D eigenvalue weighted by atomic mass is 9.96. The van der Waals surface area contributed by atoms with E-state index in [0.717, 1.165) is 25.2 Å². The fraction of sp³-hybridized carbons (Fsp3) is 0.667. The number of methoxy groups -OCH3 is 1. The number of fused-ring (bicyclic) bond motifs is 1. The molecule has 2 heterocycles. The number of ether oxygens (including phenoxy) is 1. The third-order valence-electron chi connectivity index (χ3n) is 4.52. The zero-order valence-electron chi connectivity index (χ0n) is 12.1. The topological polar surface area (TPSA) is 55.3 Å². The van der Waals surface area contributed by atoms with Crippen molar-refractivity contribution in [2.24, 2.45) is 11.8 Å². The van der Waals surface area contributed by atoms with Crippen LogP contribution in [0.1, 0.15) is 31.0 Å². The molecule has 5 nitrogen and oxygen atoms in total. The van der Waals surface area contributed by atoms with Gasteiger partial charge in [-0.05, 0) is 31.6 Å². The van der Waals surface area contributed by atoms with Gasteiger partial charge < -0.3 is 9.64 Å². The zero-order valence-corrected chi connectivity index (χ0v) is 12.1. The molecule has 1 fully saturated rings. The normalized spacial score (nSPS) is 25.4. The van der Waals surface area contributed by atoms with Crippen LogP contribution in [0.2, 0.25) is 0 Å². The first-order chi connectivity index (χ1) is 9.70. The third-order valence-corrected chi connectivity index (χ3v) is 4.52. The third kappa shape index (κ3) is 2.25. The van der Waals surface area contributed by atoms with Gasteiger partial charge in [0, 0.05) is 24.3 Å². The molecule has 20 heavy (non-hydrogen) atoms. The molecule has 1 saturated heterocycles. The molecular formula is C15H21N3O2. The van der Waals surface area contributed by atoms with Crippen LogP contribution in [0.5, 0.6) is 0 Å². The highest BCUT2D eigenvalue weighted by Gasteiger charge is 2.37. The summed E-state index contributed by atoms with van der Waals surface area (Å²) in [6, 6.07) is 0. The van der Waals surface area contributed by atoms with E-state index in [1.165, 1.54) is 31.2 Å². The van der Waals surface area contributed by atoms with Gasteiger partial charge in [-0.3, -0.25) is 4.79 Å². The highest BCUT2D eigenvalue weighted by molar-refractivity contribution is 5.74. The molecule has 0 bridgehead atoms. The first kappa shape index (κ1) is 13.3. The van der Waals surface area contributed by atoms with Crippen LogP contribution in [0.15, 0.2) is 6.33 Å². The van der Waals surface area contributed by atoms with Crippen LogP contribution in [0, 0.1) is 11.8 Å². The highest BCUT2D eigenvalue weighted by atomic mass is 16.5. The van der Waals surface area contributed by atoms with Crippen LogP contribution < -0.4 is 4.90 Å². The van der Waals surface area contributed by atoms with Gasteiger partial charge in [0.2, 0.25) is 0 Å². The number of esters is 1. The number of carbonyl (C=O) groups is 1. The number of nitrogens with zero attached hydrogens (tertiary/aromatic N) is 3. The Morgan fingerprint density at radius 2 is 2.10 bits per heavy atom. The number of anilines is 1. The van der Waals surface area contributed by atoms with Gasteiger partial charge in [0.25, 0.3) is 0 Å². The Morgan fingerprint density at radius 1 is 1.30 bits per heavy atom. The van der Waals surface area contributed by atoms with E-state index in [9.17, 15) is 4.79 Å². The number of hydrogen-bond acceptors (Lipinski definition) is 5. The monoisotopic (exact) mass is 275 g/mol. The van der Waals surface area contributed by atoms with E-state index in [2.05, 4.69) is 21.8 Å². The van der Waals surface area contributed by atoms with Gasteiger partial charge in [-0.1, -0.05) is 6.92 Å². The molecule has 0 N–H and O–H groups in total. The lowest BCUT2D eigenvalue weighted by Gasteiger charge is -2.24. The Balaban J connectivity index is 1.86. The second-order valence-corrected chi connectivity index (χ2v) is 5.84. The Bertz CT molecular complexity index is 518. The minimum atomic E-state index is -0.108. The highest BCUT2D eigenvalue weighted by Crippen LogP contribution is 2.32. The maximum Gasteiger partial charge on any atom is 0.310 e. The average molecular weight is 275 g/mol. The Kier molecular flexibility index (Phi) is 3.59. The van der Waals surface area contributed by atoms with Gasteiger partial charge in [0.05, 0.1) is 13.0 Å². The molecule has 0 spiro atoms. The molecule has 1 aromatic heterocycles. The van der Waals surface area contributed by atoms with Crippen LogP contribution in [0.25, 0.3) is 0 Å². The number of aromatic nitrogens is 2. The number of hydrogen-bond donors (Lipinski definition) is 0. The second-order valence-electron chi connectivity index (χ2n) is 5.84. The van der Waals surface area contributed by atoms with Gasteiger partial charge in [0.15, 0.2) is 0 Å². The predicted molar refractivity (Wildman–Crippen MR) is 75.6 cm³/mol. The summed E-state index contributed by atoms with van der Waals surface area (Å²) in [4.78, 5) is 22.9. The minimum Gasteiger partial charge on any atom is -0.469 e. The molecule has 0 amide bonds. The first-order valence-corrected chi connectivity index (χ1v) is 7.36. The van der Waals surface area contributed by atoms with Crippen LogP contribution in [0.4, 0.5) is 5.82 Å². The lowest BCUT2D eigenvalue weighted by Crippen LogP contribution is -2.26. The Labute approximate surface area is 119 Å². The summed E-state index contributed by atoms with van der Waals surface area (Å²) in [5.41, 5.74) is 2.48. The van der Waals surface area contributed by atoms with Crippen molar-refractivity contribution in [3.63, 3.8) is 0 Å². The smallest absolute Gasteiger partial charge is 0.310 e. The first-order valence-electron chi connectivity index (χ1n) is 7.36. The number of carbonyl (C=O) groups excluding carboxylic acids is 1. The summed E-state index contributed by atoms with van der Waals surface area (Å²) < 4.78 is 4.90. The Hall–Kier alpha value is -1.65. The summed E-state index contributed by atoms with van der Waals surface area (Å²) in [6.07, 6.45) is 6.19. The van der Waals surface area contributed by atoms with Crippen molar-refractivity contribution in [1.29, 1.82) is 0 Å². The van der Waals surface area contributed by atoms with Gasteiger partial charge in [0.1, 0.15) is 12.1 Å². The quantitative estimate of drug-likeness (QED) is 0.767. The molecule has 0 radical (unpaired) electrons. The molecular weight excluding hydrogens is 254 g/mol. The van der Waals surface area contributed by atoms with Gasteiger partial charge in [-0.15, -0.1) is 0 Å². The van der Waals surface area contributed by atoms with E-state index >= 15 is 0 Å². The summed E-state index contributed by atoms with van der Waals surface area (Å²) in [5.74, 6) is 1.18. The fourth-order valence-electron chi connectivity index (χ4n) is 3.37. The summed E-state index contributed by atoms with van der Waals surface area (Å²) >= 11 is 0. The average Bonchev–Trinajstić information content (AvgIpc) is 2.87. The van der Waals surface area contributed by atoms with Crippen molar-refractivity contribution < 1.29 is 9.53 Å². The van der Waals surface area contributed by atoms with E-state index in [1.807, 2.05) is 0 Å². The van der Waals surface area contributed by atoms with Gasteiger partial charge >= 0.3 is 5.97 Å². The largest absolute Gasteiger partial charge is 0.469 e. The molecule has 1 aromatic rings. The van der Waals surface area contributed by atoms with E-state index in [-0.39, 0.29) is 11.9 Å². The summed E-state index contributed by atoms with van der Waals surface area (Å²) in [5, 5.41) is 0. The van der Waals surface area contributed by atoms with Crippen molar-refractivity contribution in [3.05, 3.63) is 17.6 Å². The maximum absolute atomic E-state index is 11.8. The molecule has 3 rings (SSSR count). The van der Waals surface area contributed by atoms with Crippen molar-refractivity contribution >= 4 is 11.8 Å². The molecule has 1 aliphatic carbocycles. The molecule has 2 unspecified atom stereocenters. The van der Waals surface area contributed by atoms with Crippen molar-refractivity contribution in [1.82, 2.24) is 9.97 Å². The molecule has 2 atom stereocenters. The lowest BCUT2D eigenvalue weighted by molar-refractivity contribution is -0.145. The second kappa shape index (κ2) is 5.38. The minimum absolute atomic E-state index is 0.0470. The number of aryl methyl sites for hydroxylation is 1. The summed E-state index contributed by atoms with van der Waals surface area (Å²) in [6.45, 7) is 3.68. The van der Waals surface area contributed by atoms with Crippen LogP contribution >= 0.6 is 0 Å². The van der Waals surface area contributed by atoms with Crippen molar-refractivity contribution in [2.75, 3.05) is 25.1 Å². The van der Waals surface area contributed by atoms with Crippen molar-refractivity contribution in [3.8, 4) is 0 Å². The number of rotatable bonds is 2.